The third-order valence-corrected chi connectivity index (χ3v) is 5.53. The highest BCUT2D eigenvalue weighted by Gasteiger charge is 2.30. The molecule has 4 rings (SSSR count). The molecule has 2 atom stereocenters. The Hall–Kier alpha value is -2.56. The summed E-state index contributed by atoms with van der Waals surface area (Å²) < 4.78 is 17.8. The molecule has 5 nitrogen and oxygen atoms in total. The maximum atomic E-state index is 6.20. The van der Waals surface area contributed by atoms with Crippen LogP contribution >= 0.6 is 0 Å². The second kappa shape index (κ2) is 7.05. The van der Waals surface area contributed by atoms with Crippen molar-refractivity contribution in [3.63, 3.8) is 0 Å². The number of furan rings is 1. The first kappa shape index (κ1) is 19.7. The Morgan fingerprint density at radius 3 is 1.52 bits per heavy atom. The number of aliphatic imine (C=N–C) groups is 2. The largest absolute Gasteiger partial charge is 0.475 e. The predicted octanol–water partition coefficient (Wildman–Crippen LogP) is 3.68. The molecular weight excluding hydrogens is 364 g/mol. The van der Waals surface area contributed by atoms with E-state index in [2.05, 4.69) is 41.5 Å². The van der Waals surface area contributed by atoms with Gasteiger partial charge in [-0.3, -0.25) is 0 Å². The predicted molar refractivity (Wildman–Crippen MR) is 118 cm³/mol. The maximum Gasteiger partial charge on any atom is 0.212 e. The number of hydrogen-bond acceptors (Lipinski definition) is 5. The first-order valence-electron chi connectivity index (χ1n) is 10.2. The molecule has 2 aliphatic heterocycles. The molecule has 154 valence electrons. The molecule has 0 spiro atoms. The average Bonchev–Trinajstić information content (AvgIpc) is 3.35. The van der Waals surface area contributed by atoms with Crippen molar-refractivity contribution in [2.75, 3.05) is 13.2 Å². The number of hydrogen-bond donors (Lipinski definition) is 0. The highest BCUT2D eigenvalue weighted by atomic mass is 16.5. The van der Waals surface area contributed by atoms with Gasteiger partial charge in [-0.2, -0.15) is 0 Å². The molecule has 0 amide bonds. The van der Waals surface area contributed by atoms with Gasteiger partial charge < -0.3 is 13.9 Å². The highest BCUT2D eigenvalue weighted by molar-refractivity contribution is 6.08. The Bertz CT molecular complexity index is 1010. The molecular formula is C24H30N2O3. The van der Waals surface area contributed by atoms with Gasteiger partial charge in [-0.15, -0.1) is 0 Å². The van der Waals surface area contributed by atoms with Gasteiger partial charge in [0.15, 0.2) is 0 Å². The molecule has 3 heterocycles. The number of fused-ring (bicyclic) bond motifs is 1. The van der Waals surface area contributed by atoms with Crippen LogP contribution in [0.25, 0.3) is 22.9 Å². The lowest BCUT2D eigenvalue weighted by atomic mass is 9.88. The zero-order valence-corrected chi connectivity index (χ0v) is 18.2. The van der Waals surface area contributed by atoms with E-state index in [1.165, 1.54) is 0 Å². The molecule has 0 aliphatic carbocycles. The van der Waals surface area contributed by atoms with Crippen LogP contribution in [-0.2, 0) is 9.47 Å². The molecule has 2 aliphatic rings. The molecule has 1 aromatic carbocycles. The van der Waals surface area contributed by atoms with Crippen molar-refractivity contribution in [2.24, 2.45) is 20.8 Å². The molecule has 0 bridgehead atoms. The molecule has 0 saturated heterocycles. The van der Waals surface area contributed by atoms with Crippen LogP contribution in [0.2, 0.25) is 0 Å². The fraction of sp³-hybridized carbons (Fsp3) is 0.500. The van der Waals surface area contributed by atoms with Crippen LogP contribution in [0, 0.1) is 10.8 Å². The van der Waals surface area contributed by atoms with Crippen LogP contribution in [0.5, 0.6) is 0 Å². The lowest BCUT2D eigenvalue weighted by Gasteiger charge is -2.21. The van der Waals surface area contributed by atoms with Gasteiger partial charge in [0.05, 0.1) is 12.1 Å². The van der Waals surface area contributed by atoms with Gasteiger partial charge in [-0.1, -0.05) is 65.8 Å². The lowest BCUT2D eigenvalue weighted by molar-refractivity contribution is 0.237. The van der Waals surface area contributed by atoms with Crippen LogP contribution in [0.4, 0.5) is 0 Å². The zero-order chi connectivity index (χ0) is 20.8. The van der Waals surface area contributed by atoms with Crippen LogP contribution < -0.4 is 10.8 Å². The fourth-order valence-corrected chi connectivity index (χ4v) is 3.41. The maximum absolute atomic E-state index is 6.20. The Morgan fingerprint density at radius 1 is 0.759 bits per heavy atom. The van der Waals surface area contributed by atoms with E-state index in [0.29, 0.717) is 25.0 Å². The first-order chi connectivity index (χ1) is 13.6. The Labute approximate surface area is 171 Å². The molecule has 29 heavy (non-hydrogen) atoms. The summed E-state index contributed by atoms with van der Waals surface area (Å²) >= 11 is 0. The average molecular weight is 395 g/mol. The summed E-state index contributed by atoms with van der Waals surface area (Å²) in [5.41, 5.74) is 1.63. The Kier molecular flexibility index (Phi) is 4.80. The summed E-state index contributed by atoms with van der Waals surface area (Å²) in [4.78, 5) is 9.46. The molecule has 1 aromatic heterocycles. The topological polar surface area (TPSA) is 56.3 Å². The summed E-state index contributed by atoms with van der Waals surface area (Å²) in [5.74, 6) is 1.25. The lowest BCUT2D eigenvalue weighted by Crippen LogP contribution is -2.25. The Morgan fingerprint density at radius 2 is 1.17 bits per heavy atom. The highest BCUT2D eigenvalue weighted by Crippen LogP contribution is 2.27. The van der Waals surface area contributed by atoms with E-state index in [0.717, 1.165) is 21.6 Å². The third kappa shape index (κ3) is 4.09. The van der Waals surface area contributed by atoms with E-state index in [4.69, 9.17) is 23.9 Å². The monoisotopic (exact) mass is 394 g/mol. The first-order valence-corrected chi connectivity index (χ1v) is 10.2. The van der Waals surface area contributed by atoms with Crippen molar-refractivity contribution in [2.45, 2.75) is 53.6 Å². The van der Waals surface area contributed by atoms with Crippen LogP contribution in [-0.4, -0.2) is 37.1 Å². The van der Waals surface area contributed by atoms with Crippen molar-refractivity contribution in [1.29, 1.82) is 0 Å². The third-order valence-electron chi connectivity index (χ3n) is 5.53. The summed E-state index contributed by atoms with van der Waals surface area (Å²) in [5, 5.41) is 2.05. The summed E-state index contributed by atoms with van der Waals surface area (Å²) in [6, 6.07) is 8.41. The van der Waals surface area contributed by atoms with Gasteiger partial charge >= 0.3 is 0 Å². The van der Waals surface area contributed by atoms with Gasteiger partial charge in [0.25, 0.3) is 0 Å². The van der Waals surface area contributed by atoms with E-state index in [-0.39, 0.29) is 22.9 Å². The standard InChI is InChI=1S/C24H30N2O3/c1-23(2,3)19-13-27-21(25-19)11-17-15-9-7-8-10-16(15)18(29-17)12-22-26-20(14-28-22)24(4,5)6/h7-12,19-20H,13-14H2,1-6H3/b17-11-,18-12-/t19-,20-/m0/s1. The fourth-order valence-electron chi connectivity index (χ4n) is 3.41. The number of rotatable bonds is 2. The van der Waals surface area contributed by atoms with E-state index in [1.54, 1.807) is 0 Å². The number of ether oxygens (including phenoxy) is 2. The minimum atomic E-state index is 0.0707. The normalized spacial score (nSPS) is 23.9. The molecule has 0 fully saturated rings. The van der Waals surface area contributed by atoms with Crippen molar-refractivity contribution in [1.82, 2.24) is 0 Å². The summed E-state index contributed by atoms with van der Waals surface area (Å²) in [7, 11) is 0. The van der Waals surface area contributed by atoms with Crippen LogP contribution in [0.1, 0.15) is 41.5 Å². The molecule has 2 aromatic rings. The summed E-state index contributed by atoms with van der Waals surface area (Å²) in [6.45, 7) is 14.3. The van der Waals surface area contributed by atoms with E-state index >= 15 is 0 Å². The van der Waals surface area contributed by atoms with Gasteiger partial charge in [-0.05, 0) is 10.8 Å². The number of benzene rings is 1. The second-order valence-electron chi connectivity index (χ2n) is 9.99. The number of nitrogens with zero attached hydrogens (tertiary/aromatic N) is 2. The molecule has 0 saturated carbocycles. The van der Waals surface area contributed by atoms with Crippen molar-refractivity contribution < 1.29 is 13.9 Å². The Balaban J connectivity index is 1.76. The van der Waals surface area contributed by atoms with Gasteiger partial charge in [-0.25, -0.2) is 9.98 Å². The minimum Gasteiger partial charge on any atom is -0.475 e. The van der Waals surface area contributed by atoms with Crippen LogP contribution in [0.15, 0.2) is 38.7 Å². The van der Waals surface area contributed by atoms with Gasteiger partial charge in [0.1, 0.15) is 24.0 Å². The minimum absolute atomic E-state index is 0.0707. The molecule has 0 radical (unpaired) electrons. The van der Waals surface area contributed by atoms with Crippen molar-refractivity contribution >= 4 is 34.7 Å². The van der Waals surface area contributed by atoms with Gasteiger partial charge in [0.2, 0.25) is 11.8 Å². The SMILES string of the molecule is CC(C)(C)[C@@H]1COC(/C=c2\o/c(=C\C3=N[C@H](C(C)(C)C)CO3)c3ccccc23)=N1. The second-order valence-corrected chi connectivity index (χ2v) is 9.99. The zero-order valence-electron chi connectivity index (χ0n) is 18.2. The quantitative estimate of drug-likeness (QED) is 0.781. The van der Waals surface area contributed by atoms with E-state index < -0.39 is 0 Å². The summed E-state index contributed by atoms with van der Waals surface area (Å²) in [6.07, 6.45) is 3.78. The molecule has 5 heteroatoms. The van der Waals surface area contributed by atoms with Crippen LogP contribution in [0.3, 0.4) is 0 Å². The van der Waals surface area contributed by atoms with E-state index in [9.17, 15) is 0 Å². The molecule has 0 unspecified atom stereocenters. The molecule has 0 N–H and O–H groups in total. The van der Waals surface area contributed by atoms with Crippen molar-refractivity contribution in [3.05, 3.63) is 35.1 Å². The smallest absolute Gasteiger partial charge is 0.212 e. The van der Waals surface area contributed by atoms with E-state index in [1.807, 2.05) is 36.4 Å². The van der Waals surface area contributed by atoms with Gasteiger partial charge in [0, 0.05) is 22.9 Å². The van der Waals surface area contributed by atoms with Crippen molar-refractivity contribution in [3.8, 4) is 0 Å².